The maximum atomic E-state index is 13.6. The van der Waals surface area contributed by atoms with Gasteiger partial charge in [0.05, 0.1) is 15.2 Å². The molecule has 0 unspecified atom stereocenters. The number of carbonyl (C=O) groups excluding carboxylic acids is 2. The summed E-state index contributed by atoms with van der Waals surface area (Å²) in [4.78, 5) is 33.2. The molecule has 0 radical (unpaired) electrons. The van der Waals surface area contributed by atoms with Gasteiger partial charge in [0, 0.05) is 31.0 Å². The van der Waals surface area contributed by atoms with Gasteiger partial charge in [0.1, 0.15) is 6.04 Å². The number of likely N-dealkylation sites (tertiary alicyclic amines) is 1. The van der Waals surface area contributed by atoms with E-state index in [-0.39, 0.29) is 11.8 Å². The minimum atomic E-state index is -0.603. The molecular formula is C28H27N3O2S. The van der Waals surface area contributed by atoms with Gasteiger partial charge in [-0.3, -0.25) is 9.59 Å². The van der Waals surface area contributed by atoms with E-state index in [0.29, 0.717) is 31.0 Å². The predicted octanol–water partition coefficient (Wildman–Crippen LogP) is 5.04. The number of piperidine rings is 1. The Morgan fingerprint density at radius 3 is 2.26 bits per heavy atom. The number of rotatable bonds is 6. The van der Waals surface area contributed by atoms with Gasteiger partial charge in [-0.25, -0.2) is 4.98 Å². The lowest BCUT2D eigenvalue weighted by atomic mass is 9.96. The van der Waals surface area contributed by atoms with Crippen LogP contribution in [0.25, 0.3) is 10.2 Å². The number of benzene rings is 3. The molecule has 2 heterocycles. The summed E-state index contributed by atoms with van der Waals surface area (Å²) in [6.07, 6.45) is 2.24. The van der Waals surface area contributed by atoms with Crippen LogP contribution in [0.1, 0.15) is 39.7 Å². The fourth-order valence-electron chi connectivity index (χ4n) is 4.51. The molecule has 34 heavy (non-hydrogen) atoms. The van der Waals surface area contributed by atoms with E-state index in [1.165, 1.54) is 4.70 Å². The van der Waals surface area contributed by atoms with Gasteiger partial charge in [0.2, 0.25) is 5.91 Å². The van der Waals surface area contributed by atoms with E-state index in [2.05, 4.69) is 17.4 Å². The van der Waals surface area contributed by atoms with Gasteiger partial charge in [-0.1, -0.05) is 60.7 Å². The maximum Gasteiger partial charge on any atom is 0.251 e. The second-order valence-electron chi connectivity index (χ2n) is 8.70. The lowest BCUT2D eigenvalue weighted by Crippen LogP contribution is -2.51. The molecule has 0 spiro atoms. The van der Waals surface area contributed by atoms with Crippen LogP contribution in [0.4, 0.5) is 0 Å². The number of fused-ring (bicyclic) bond motifs is 1. The molecule has 1 fully saturated rings. The monoisotopic (exact) mass is 469 g/mol. The highest BCUT2D eigenvalue weighted by atomic mass is 32.1. The third-order valence-electron chi connectivity index (χ3n) is 6.39. The lowest BCUT2D eigenvalue weighted by molar-refractivity contribution is -0.134. The molecule has 172 valence electrons. The molecule has 0 bridgehead atoms. The Morgan fingerprint density at radius 1 is 0.912 bits per heavy atom. The van der Waals surface area contributed by atoms with Crippen molar-refractivity contribution in [3.8, 4) is 0 Å². The predicted molar refractivity (Wildman–Crippen MR) is 136 cm³/mol. The van der Waals surface area contributed by atoms with Crippen LogP contribution in [0.15, 0.2) is 84.9 Å². The van der Waals surface area contributed by atoms with Crippen molar-refractivity contribution in [2.24, 2.45) is 0 Å². The molecule has 1 atom stereocenters. The Morgan fingerprint density at radius 2 is 1.56 bits per heavy atom. The molecule has 0 saturated carbocycles. The van der Waals surface area contributed by atoms with Gasteiger partial charge in [0.15, 0.2) is 0 Å². The number of nitrogens with one attached hydrogen (secondary N) is 1. The van der Waals surface area contributed by atoms with E-state index >= 15 is 0 Å². The summed E-state index contributed by atoms with van der Waals surface area (Å²) in [6.45, 7) is 1.35. The molecular weight excluding hydrogens is 442 g/mol. The third-order valence-corrected chi connectivity index (χ3v) is 7.59. The SMILES string of the molecule is O=C(N[C@@H](Cc1ccccc1)C(=O)N1CCC(c2nc3ccccc3s2)CC1)c1ccccc1. The number of nitrogens with zero attached hydrogens (tertiary/aromatic N) is 2. The highest BCUT2D eigenvalue weighted by Crippen LogP contribution is 2.34. The number of amides is 2. The van der Waals surface area contributed by atoms with Gasteiger partial charge in [-0.05, 0) is 42.7 Å². The van der Waals surface area contributed by atoms with Crippen molar-refractivity contribution in [1.29, 1.82) is 0 Å². The molecule has 2 amide bonds. The molecule has 4 aromatic rings. The van der Waals surface area contributed by atoms with Crippen molar-refractivity contribution in [1.82, 2.24) is 15.2 Å². The van der Waals surface area contributed by atoms with Gasteiger partial charge < -0.3 is 10.2 Å². The molecule has 5 nitrogen and oxygen atoms in total. The van der Waals surface area contributed by atoms with E-state index < -0.39 is 6.04 Å². The fraction of sp³-hybridized carbons (Fsp3) is 0.250. The molecule has 1 saturated heterocycles. The zero-order chi connectivity index (χ0) is 23.3. The van der Waals surface area contributed by atoms with Gasteiger partial charge in [-0.15, -0.1) is 11.3 Å². The van der Waals surface area contributed by atoms with Crippen LogP contribution >= 0.6 is 11.3 Å². The van der Waals surface area contributed by atoms with Crippen molar-refractivity contribution in [3.05, 3.63) is 101 Å². The van der Waals surface area contributed by atoms with Crippen molar-refractivity contribution in [2.45, 2.75) is 31.2 Å². The molecule has 6 heteroatoms. The normalized spacial score (nSPS) is 15.2. The van der Waals surface area contributed by atoms with E-state index in [4.69, 9.17) is 4.98 Å². The topological polar surface area (TPSA) is 62.3 Å². The largest absolute Gasteiger partial charge is 0.341 e. The van der Waals surface area contributed by atoms with Crippen LogP contribution < -0.4 is 5.32 Å². The summed E-state index contributed by atoms with van der Waals surface area (Å²) >= 11 is 1.76. The zero-order valence-electron chi connectivity index (χ0n) is 18.9. The Balaban J connectivity index is 1.28. The summed E-state index contributed by atoms with van der Waals surface area (Å²) in [7, 11) is 0. The van der Waals surface area contributed by atoms with Crippen LogP contribution in [0.5, 0.6) is 0 Å². The standard InChI is InChI=1S/C28H27N3O2S/c32-26(21-11-5-2-6-12-21)29-24(19-20-9-3-1-4-10-20)28(33)31-17-15-22(16-18-31)27-30-23-13-7-8-14-25(23)34-27/h1-14,22,24H,15-19H2,(H,29,32)/t24-/m0/s1. The fourth-order valence-corrected chi connectivity index (χ4v) is 5.65. The van der Waals surface area contributed by atoms with Crippen LogP contribution in [-0.4, -0.2) is 40.8 Å². The second-order valence-corrected chi connectivity index (χ2v) is 9.76. The first-order valence-electron chi connectivity index (χ1n) is 11.7. The van der Waals surface area contributed by atoms with E-state index in [9.17, 15) is 9.59 Å². The number of thiazole rings is 1. The summed E-state index contributed by atoms with van der Waals surface area (Å²) in [5.41, 5.74) is 2.63. The summed E-state index contributed by atoms with van der Waals surface area (Å²) < 4.78 is 1.21. The average Bonchev–Trinajstić information content (AvgIpc) is 3.33. The Labute approximate surface area is 203 Å². The summed E-state index contributed by atoms with van der Waals surface area (Å²) in [6, 6.07) is 26.5. The third kappa shape index (κ3) is 5.02. The number of hydrogen-bond acceptors (Lipinski definition) is 4. The molecule has 0 aliphatic carbocycles. The van der Waals surface area contributed by atoms with Crippen LogP contribution in [0, 0.1) is 0 Å². The summed E-state index contributed by atoms with van der Waals surface area (Å²) in [5, 5.41) is 4.16. The van der Waals surface area contributed by atoms with Gasteiger partial charge >= 0.3 is 0 Å². The highest BCUT2D eigenvalue weighted by Gasteiger charge is 2.31. The second kappa shape index (κ2) is 10.2. The number of hydrogen-bond donors (Lipinski definition) is 1. The quantitative estimate of drug-likeness (QED) is 0.430. The van der Waals surface area contributed by atoms with E-state index in [1.54, 1.807) is 23.5 Å². The smallest absolute Gasteiger partial charge is 0.251 e. The van der Waals surface area contributed by atoms with E-state index in [0.717, 1.165) is 28.9 Å². The van der Waals surface area contributed by atoms with Crippen LogP contribution in [-0.2, 0) is 11.2 Å². The Hall–Kier alpha value is -3.51. The summed E-state index contributed by atoms with van der Waals surface area (Å²) in [5.74, 6) is 0.128. The number of carbonyl (C=O) groups is 2. The average molecular weight is 470 g/mol. The molecule has 1 aliphatic heterocycles. The van der Waals surface area contributed by atoms with Crippen molar-refractivity contribution >= 4 is 33.4 Å². The highest BCUT2D eigenvalue weighted by molar-refractivity contribution is 7.18. The van der Waals surface area contributed by atoms with Gasteiger partial charge in [0.25, 0.3) is 5.91 Å². The van der Waals surface area contributed by atoms with Crippen molar-refractivity contribution in [2.75, 3.05) is 13.1 Å². The number of para-hydroxylation sites is 1. The first kappa shape index (κ1) is 22.3. The molecule has 3 aromatic carbocycles. The molecule has 1 aromatic heterocycles. The zero-order valence-corrected chi connectivity index (χ0v) is 19.7. The van der Waals surface area contributed by atoms with E-state index in [1.807, 2.05) is 65.6 Å². The van der Waals surface area contributed by atoms with Crippen LogP contribution in [0.3, 0.4) is 0 Å². The van der Waals surface area contributed by atoms with Gasteiger partial charge in [-0.2, -0.15) is 0 Å². The first-order valence-corrected chi connectivity index (χ1v) is 12.5. The Kier molecular flexibility index (Phi) is 6.67. The molecule has 1 aliphatic rings. The lowest BCUT2D eigenvalue weighted by Gasteiger charge is -2.34. The Bertz CT molecular complexity index is 1230. The van der Waals surface area contributed by atoms with Crippen LogP contribution in [0.2, 0.25) is 0 Å². The minimum absolute atomic E-state index is 0.0177. The van der Waals surface area contributed by atoms with Crippen molar-refractivity contribution in [3.63, 3.8) is 0 Å². The molecule has 5 rings (SSSR count). The van der Waals surface area contributed by atoms with Crippen molar-refractivity contribution < 1.29 is 9.59 Å². The minimum Gasteiger partial charge on any atom is -0.341 e. The maximum absolute atomic E-state index is 13.6. The molecule has 1 N–H and O–H groups in total. The first-order chi connectivity index (χ1) is 16.7. The number of aromatic nitrogens is 1.